The van der Waals surface area contributed by atoms with Crippen molar-refractivity contribution in [1.29, 1.82) is 0 Å². The normalized spacial score (nSPS) is 11.0. The van der Waals surface area contributed by atoms with E-state index >= 15 is 0 Å². The van der Waals surface area contributed by atoms with Crippen LogP contribution < -0.4 is 14.8 Å². The molecular formula is C22H21ClN2O4S. The van der Waals surface area contributed by atoms with Crippen molar-refractivity contribution in [3.8, 4) is 5.75 Å². The molecular weight excluding hydrogens is 424 g/mol. The first-order valence-corrected chi connectivity index (χ1v) is 11.0. The summed E-state index contributed by atoms with van der Waals surface area (Å²) in [6, 6.07) is 18.0. The van der Waals surface area contributed by atoms with Gasteiger partial charge in [0.1, 0.15) is 5.75 Å². The van der Waals surface area contributed by atoms with E-state index in [1.165, 1.54) is 24.3 Å². The molecule has 0 aliphatic rings. The van der Waals surface area contributed by atoms with E-state index in [1.807, 2.05) is 32.0 Å². The second-order valence-corrected chi connectivity index (χ2v) is 8.86. The molecule has 0 spiro atoms. The van der Waals surface area contributed by atoms with Crippen LogP contribution in [0, 0.1) is 13.8 Å². The lowest BCUT2D eigenvalue weighted by Gasteiger charge is -2.11. The Labute approximate surface area is 180 Å². The molecule has 0 radical (unpaired) electrons. The minimum atomic E-state index is -3.75. The molecule has 0 aromatic heterocycles. The third-order valence-electron chi connectivity index (χ3n) is 4.27. The number of hydrogen-bond donors (Lipinski definition) is 2. The minimum absolute atomic E-state index is 0.0737. The van der Waals surface area contributed by atoms with Gasteiger partial charge in [-0.2, -0.15) is 0 Å². The van der Waals surface area contributed by atoms with Gasteiger partial charge in [-0.15, -0.1) is 0 Å². The molecule has 0 saturated carbocycles. The van der Waals surface area contributed by atoms with Crippen LogP contribution in [0.4, 0.5) is 11.4 Å². The molecule has 30 heavy (non-hydrogen) atoms. The van der Waals surface area contributed by atoms with Crippen molar-refractivity contribution in [2.75, 3.05) is 16.6 Å². The van der Waals surface area contributed by atoms with E-state index in [4.69, 9.17) is 16.3 Å². The first-order chi connectivity index (χ1) is 14.2. The fourth-order valence-corrected chi connectivity index (χ4v) is 3.84. The van der Waals surface area contributed by atoms with Crippen molar-refractivity contribution in [1.82, 2.24) is 0 Å². The molecule has 0 bridgehead atoms. The minimum Gasteiger partial charge on any atom is -0.484 e. The zero-order valence-corrected chi connectivity index (χ0v) is 18.0. The van der Waals surface area contributed by atoms with Crippen LogP contribution in [0.5, 0.6) is 5.75 Å². The van der Waals surface area contributed by atoms with E-state index in [9.17, 15) is 13.2 Å². The molecule has 0 heterocycles. The van der Waals surface area contributed by atoms with Crippen LogP contribution in [0.15, 0.2) is 71.6 Å². The molecule has 8 heteroatoms. The van der Waals surface area contributed by atoms with Crippen molar-refractivity contribution in [3.63, 3.8) is 0 Å². The fourth-order valence-electron chi connectivity index (χ4n) is 2.65. The molecule has 156 valence electrons. The Hall–Kier alpha value is -3.03. The lowest BCUT2D eigenvalue weighted by molar-refractivity contribution is -0.118. The number of halogens is 1. The van der Waals surface area contributed by atoms with Gasteiger partial charge in [0.15, 0.2) is 6.61 Å². The predicted molar refractivity (Wildman–Crippen MR) is 119 cm³/mol. The largest absolute Gasteiger partial charge is 0.484 e. The number of carbonyl (C=O) groups excluding carboxylic acids is 1. The fraction of sp³-hybridized carbons (Fsp3) is 0.136. The number of nitrogens with one attached hydrogen (secondary N) is 2. The van der Waals surface area contributed by atoms with E-state index in [1.54, 1.807) is 24.3 Å². The molecule has 0 aliphatic heterocycles. The van der Waals surface area contributed by atoms with E-state index in [-0.39, 0.29) is 17.4 Å². The number of aryl methyl sites for hydroxylation is 2. The predicted octanol–water partition coefficient (Wildman–Crippen LogP) is 4.78. The Morgan fingerprint density at radius 1 is 0.967 bits per heavy atom. The number of carbonyl (C=O) groups is 1. The summed E-state index contributed by atoms with van der Waals surface area (Å²) >= 11 is 5.81. The van der Waals surface area contributed by atoms with Crippen LogP contribution >= 0.6 is 11.6 Å². The molecule has 0 atom stereocenters. The van der Waals surface area contributed by atoms with Gasteiger partial charge in [-0.3, -0.25) is 9.52 Å². The summed E-state index contributed by atoms with van der Waals surface area (Å²) in [5.74, 6) is 0.0846. The highest BCUT2D eigenvalue weighted by atomic mass is 35.5. The van der Waals surface area contributed by atoms with Crippen molar-refractivity contribution >= 4 is 38.9 Å². The van der Waals surface area contributed by atoms with Gasteiger partial charge in [0.05, 0.1) is 4.90 Å². The van der Waals surface area contributed by atoms with Crippen LogP contribution in [-0.4, -0.2) is 20.9 Å². The van der Waals surface area contributed by atoms with E-state index in [0.717, 1.165) is 16.8 Å². The van der Waals surface area contributed by atoms with E-state index in [2.05, 4.69) is 10.0 Å². The molecule has 1 amide bonds. The van der Waals surface area contributed by atoms with Crippen molar-refractivity contribution < 1.29 is 17.9 Å². The van der Waals surface area contributed by atoms with Gasteiger partial charge in [0, 0.05) is 16.4 Å². The maximum atomic E-state index is 12.5. The zero-order valence-electron chi connectivity index (χ0n) is 16.5. The third-order valence-corrected chi connectivity index (χ3v) is 5.92. The van der Waals surface area contributed by atoms with Gasteiger partial charge in [-0.05, 0) is 79.6 Å². The summed E-state index contributed by atoms with van der Waals surface area (Å²) in [6.07, 6.45) is 0. The third kappa shape index (κ3) is 5.75. The van der Waals surface area contributed by atoms with E-state index < -0.39 is 10.0 Å². The summed E-state index contributed by atoms with van der Waals surface area (Å²) in [5, 5.41) is 3.32. The lowest BCUT2D eigenvalue weighted by Crippen LogP contribution is -2.20. The van der Waals surface area contributed by atoms with Crippen LogP contribution in [0.1, 0.15) is 11.1 Å². The molecule has 0 fully saturated rings. The van der Waals surface area contributed by atoms with Gasteiger partial charge in [-0.1, -0.05) is 23.7 Å². The summed E-state index contributed by atoms with van der Waals surface area (Å²) in [5.41, 5.74) is 3.14. The Morgan fingerprint density at radius 3 is 2.30 bits per heavy atom. The van der Waals surface area contributed by atoms with Gasteiger partial charge in [-0.25, -0.2) is 8.42 Å². The maximum absolute atomic E-state index is 12.5. The maximum Gasteiger partial charge on any atom is 0.262 e. The molecule has 0 aliphatic carbocycles. The Kier molecular flexibility index (Phi) is 6.64. The Bertz CT molecular complexity index is 1140. The van der Waals surface area contributed by atoms with Crippen LogP contribution in [-0.2, 0) is 14.8 Å². The highest BCUT2D eigenvalue weighted by Crippen LogP contribution is 2.21. The van der Waals surface area contributed by atoms with Crippen LogP contribution in [0.3, 0.4) is 0 Å². The van der Waals surface area contributed by atoms with Crippen LogP contribution in [0.2, 0.25) is 5.02 Å². The van der Waals surface area contributed by atoms with E-state index in [0.29, 0.717) is 16.5 Å². The summed E-state index contributed by atoms with van der Waals surface area (Å²) in [6.45, 7) is 3.67. The smallest absolute Gasteiger partial charge is 0.262 e. The highest BCUT2D eigenvalue weighted by molar-refractivity contribution is 7.92. The van der Waals surface area contributed by atoms with Crippen molar-refractivity contribution in [2.24, 2.45) is 0 Å². The van der Waals surface area contributed by atoms with Gasteiger partial charge in [0.25, 0.3) is 15.9 Å². The Balaban J connectivity index is 1.59. The number of hydrogen-bond acceptors (Lipinski definition) is 4. The molecule has 2 N–H and O–H groups in total. The second kappa shape index (κ2) is 9.19. The average molecular weight is 445 g/mol. The molecule has 6 nitrogen and oxygen atoms in total. The number of anilines is 2. The molecule has 3 rings (SSSR count). The summed E-state index contributed by atoms with van der Waals surface area (Å²) < 4.78 is 32.9. The standard InChI is InChI=1S/C22H21ClN2O4S/c1-15-3-4-16(2)21(13-15)24-22(26)14-29-19-9-11-20(12-10-19)30(27,28)25-18-7-5-17(23)6-8-18/h3-13,25H,14H2,1-2H3,(H,24,26). The summed E-state index contributed by atoms with van der Waals surface area (Å²) in [7, 11) is -3.75. The SMILES string of the molecule is Cc1ccc(C)c(NC(=O)COc2ccc(S(=O)(=O)Nc3ccc(Cl)cc3)cc2)c1. The molecule has 0 unspecified atom stereocenters. The topological polar surface area (TPSA) is 84.5 Å². The van der Waals surface area contributed by atoms with Crippen molar-refractivity contribution in [2.45, 2.75) is 18.7 Å². The molecule has 3 aromatic rings. The number of amides is 1. The number of rotatable bonds is 7. The molecule has 3 aromatic carbocycles. The zero-order chi connectivity index (χ0) is 21.7. The van der Waals surface area contributed by atoms with Gasteiger partial charge < -0.3 is 10.1 Å². The lowest BCUT2D eigenvalue weighted by atomic mass is 10.1. The number of sulfonamides is 1. The monoisotopic (exact) mass is 444 g/mol. The Morgan fingerprint density at radius 2 is 1.63 bits per heavy atom. The first-order valence-electron chi connectivity index (χ1n) is 9.11. The summed E-state index contributed by atoms with van der Waals surface area (Å²) in [4.78, 5) is 12.2. The molecule has 0 saturated heterocycles. The van der Waals surface area contributed by atoms with Gasteiger partial charge >= 0.3 is 0 Å². The van der Waals surface area contributed by atoms with Crippen molar-refractivity contribution in [3.05, 3.63) is 82.9 Å². The highest BCUT2D eigenvalue weighted by Gasteiger charge is 2.14. The average Bonchev–Trinajstić information content (AvgIpc) is 2.71. The first kappa shape index (κ1) is 21.7. The second-order valence-electron chi connectivity index (χ2n) is 6.74. The van der Waals surface area contributed by atoms with Crippen LogP contribution in [0.25, 0.3) is 0 Å². The number of ether oxygens (including phenoxy) is 1. The number of benzene rings is 3. The van der Waals surface area contributed by atoms with Gasteiger partial charge in [0.2, 0.25) is 0 Å². The quantitative estimate of drug-likeness (QED) is 0.549.